The number of thiophene rings is 1. The molecule has 0 radical (unpaired) electrons. The minimum atomic E-state index is 0.495. The Balaban J connectivity index is 2.65. The lowest BCUT2D eigenvalue weighted by molar-refractivity contribution is 1.23. The highest BCUT2D eigenvalue weighted by Crippen LogP contribution is 2.31. The van der Waals surface area contributed by atoms with Crippen molar-refractivity contribution in [3.8, 4) is 6.07 Å². The number of fused-ring (bicyclic) bond motifs is 1. The topological polar surface area (TPSA) is 23.8 Å². The van der Waals surface area contributed by atoms with Crippen LogP contribution in [0.5, 0.6) is 0 Å². The molecule has 1 aromatic carbocycles. The van der Waals surface area contributed by atoms with Crippen LogP contribution in [0.25, 0.3) is 10.1 Å². The van der Waals surface area contributed by atoms with E-state index in [4.69, 9.17) is 5.26 Å². The normalized spacial score (nSPS) is 10.4. The summed E-state index contributed by atoms with van der Waals surface area (Å²) in [5, 5.41) is 9.88. The second kappa shape index (κ2) is 3.72. The number of hydrogen-bond acceptors (Lipinski definition) is 2. The Morgan fingerprint density at radius 3 is 2.93 bits per heavy atom. The van der Waals surface area contributed by atoms with Crippen molar-refractivity contribution in [3.63, 3.8) is 0 Å². The van der Waals surface area contributed by atoms with Gasteiger partial charge in [0.15, 0.2) is 0 Å². The molecule has 3 heteroatoms. The van der Waals surface area contributed by atoms with Crippen LogP contribution in [0, 0.1) is 18.3 Å². The van der Waals surface area contributed by atoms with Crippen LogP contribution < -0.4 is 0 Å². The molecule has 14 heavy (non-hydrogen) atoms. The maximum Gasteiger partial charge on any atom is 0.0711 e. The van der Waals surface area contributed by atoms with E-state index in [0.717, 1.165) is 9.35 Å². The van der Waals surface area contributed by atoms with Gasteiger partial charge >= 0.3 is 0 Å². The third kappa shape index (κ3) is 1.68. The molecule has 0 unspecified atom stereocenters. The smallest absolute Gasteiger partial charge is 0.0711 e. The fourth-order valence-corrected chi connectivity index (χ4v) is 3.12. The van der Waals surface area contributed by atoms with Gasteiger partial charge in [0.2, 0.25) is 0 Å². The summed E-state index contributed by atoms with van der Waals surface area (Å²) < 4.78 is 2.41. The highest BCUT2D eigenvalue weighted by atomic mass is 79.9. The van der Waals surface area contributed by atoms with Gasteiger partial charge in [-0.15, -0.1) is 11.3 Å². The molecule has 0 N–H and O–H groups in total. The molecule has 0 saturated carbocycles. The Morgan fingerprint density at radius 2 is 2.21 bits per heavy atom. The molecular weight excluding hydrogens is 258 g/mol. The van der Waals surface area contributed by atoms with Gasteiger partial charge in [0.25, 0.3) is 0 Å². The third-order valence-electron chi connectivity index (χ3n) is 2.21. The first-order chi connectivity index (χ1) is 6.70. The van der Waals surface area contributed by atoms with E-state index in [1.807, 2.05) is 0 Å². The Bertz CT molecular complexity index is 522. The van der Waals surface area contributed by atoms with Gasteiger partial charge in [-0.25, -0.2) is 0 Å². The lowest BCUT2D eigenvalue weighted by atomic mass is 10.0. The number of nitrogens with zero attached hydrogens (tertiary/aromatic N) is 1. The van der Waals surface area contributed by atoms with E-state index in [-0.39, 0.29) is 0 Å². The van der Waals surface area contributed by atoms with Gasteiger partial charge in [0, 0.05) is 4.70 Å². The number of benzene rings is 1. The Kier molecular flexibility index (Phi) is 2.58. The number of hydrogen-bond donors (Lipinski definition) is 0. The summed E-state index contributed by atoms with van der Waals surface area (Å²) >= 11 is 5.19. The van der Waals surface area contributed by atoms with Crippen molar-refractivity contribution >= 4 is 37.4 Å². The van der Waals surface area contributed by atoms with Gasteiger partial charge in [0.05, 0.1) is 16.3 Å². The van der Waals surface area contributed by atoms with Gasteiger partial charge in [-0.1, -0.05) is 0 Å². The molecule has 0 aliphatic carbocycles. The molecule has 1 aromatic heterocycles. The monoisotopic (exact) mass is 265 g/mol. The zero-order chi connectivity index (χ0) is 10.1. The van der Waals surface area contributed by atoms with Crippen LogP contribution in [0.1, 0.15) is 11.1 Å². The fourth-order valence-electron chi connectivity index (χ4n) is 1.48. The van der Waals surface area contributed by atoms with Crippen molar-refractivity contribution < 1.29 is 0 Å². The minimum absolute atomic E-state index is 0.495. The lowest BCUT2D eigenvalue weighted by Gasteiger charge is -2.00. The predicted molar refractivity (Wildman–Crippen MR) is 63.6 cm³/mol. The molecule has 0 amide bonds. The average molecular weight is 266 g/mol. The van der Waals surface area contributed by atoms with Crippen LogP contribution >= 0.6 is 27.3 Å². The average Bonchev–Trinajstić information content (AvgIpc) is 2.45. The van der Waals surface area contributed by atoms with Crippen molar-refractivity contribution in [2.75, 3.05) is 0 Å². The Labute approximate surface area is 95.1 Å². The van der Waals surface area contributed by atoms with Crippen LogP contribution in [-0.4, -0.2) is 0 Å². The largest absolute Gasteiger partial charge is 0.198 e. The van der Waals surface area contributed by atoms with Crippen LogP contribution in [0.15, 0.2) is 22.0 Å². The zero-order valence-electron chi connectivity index (χ0n) is 7.67. The first-order valence-corrected chi connectivity index (χ1v) is 5.87. The molecule has 0 atom stereocenters. The summed E-state index contributed by atoms with van der Waals surface area (Å²) in [6.45, 7) is 2.06. The van der Waals surface area contributed by atoms with E-state index < -0.39 is 0 Å². The van der Waals surface area contributed by atoms with E-state index in [1.165, 1.54) is 15.6 Å². The van der Waals surface area contributed by atoms with Crippen LogP contribution in [-0.2, 0) is 6.42 Å². The third-order valence-corrected chi connectivity index (χ3v) is 3.82. The first-order valence-electron chi connectivity index (χ1n) is 4.26. The molecule has 0 bridgehead atoms. The maximum atomic E-state index is 8.66. The Morgan fingerprint density at radius 1 is 1.43 bits per heavy atom. The minimum Gasteiger partial charge on any atom is -0.198 e. The number of rotatable bonds is 1. The zero-order valence-corrected chi connectivity index (χ0v) is 10.1. The number of halogens is 1. The Hall–Kier alpha value is -0.850. The molecular formula is C11H8BrNS. The summed E-state index contributed by atoms with van der Waals surface area (Å²) in [5.41, 5.74) is 2.33. The molecule has 0 fully saturated rings. The predicted octanol–water partition coefficient (Wildman–Crippen LogP) is 4.04. The highest BCUT2D eigenvalue weighted by molar-refractivity contribution is 9.11. The quantitative estimate of drug-likeness (QED) is 0.764. The summed E-state index contributed by atoms with van der Waals surface area (Å²) in [6.07, 6.45) is 0.495. The SMILES string of the molecule is Cc1cc2sc(Br)cc2cc1CC#N. The molecule has 2 aromatic rings. The summed E-state index contributed by atoms with van der Waals surface area (Å²) in [7, 11) is 0. The first kappa shape index (κ1) is 9.70. The van der Waals surface area contributed by atoms with Crippen molar-refractivity contribution in [3.05, 3.63) is 33.1 Å². The molecule has 1 heterocycles. The van der Waals surface area contributed by atoms with Gasteiger partial charge in [0.1, 0.15) is 0 Å². The van der Waals surface area contributed by atoms with E-state index in [0.29, 0.717) is 6.42 Å². The van der Waals surface area contributed by atoms with Gasteiger partial charge < -0.3 is 0 Å². The summed E-state index contributed by atoms with van der Waals surface area (Å²) in [5.74, 6) is 0. The molecule has 0 aliphatic rings. The number of nitriles is 1. The van der Waals surface area contributed by atoms with Gasteiger partial charge in [-0.3, -0.25) is 0 Å². The molecule has 0 spiro atoms. The van der Waals surface area contributed by atoms with Crippen LogP contribution in [0.3, 0.4) is 0 Å². The highest BCUT2D eigenvalue weighted by Gasteiger charge is 2.04. The standard InChI is InChI=1S/C11H8BrNS/c1-7-4-10-9(6-11(12)14-10)5-8(7)2-3-13/h4-6H,2H2,1H3. The molecule has 2 rings (SSSR count). The summed E-state index contributed by atoms with van der Waals surface area (Å²) in [4.78, 5) is 0. The molecule has 0 saturated heterocycles. The van der Waals surface area contributed by atoms with E-state index in [1.54, 1.807) is 11.3 Å². The second-order valence-corrected chi connectivity index (χ2v) is 5.66. The van der Waals surface area contributed by atoms with Crippen molar-refractivity contribution in [2.45, 2.75) is 13.3 Å². The van der Waals surface area contributed by atoms with Gasteiger partial charge in [-0.05, 0) is 57.6 Å². The number of aryl methyl sites for hydroxylation is 1. The van der Waals surface area contributed by atoms with Crippen molar-refractivity contribution in [1.82, 2.24) is 0 Å². The lowest BCUT2D eigenvalue weighted by Crippen LogP contribution is -1.85. The molecule has 1 nitrogen and oxygen atoms in total. The summed E-state index contributed by atoms with van der Waals surface area (Å²) in [6, 6.07) is 8.54. The maximum absolute atomic E-state index is 8.66. The fraction of sp³-hybridized carbons (Fsp3) is 0.182. The van der Waals surface area contributed by atoms with Crippen molar-refractivity contribution in [2.24, 2.45) is 0 Å². The molecule has 0 aliphatic heterocycles. The van der Waals surface area contributed by atoms with E-state index in [2.05, 4.69) is 47.1 Å². The van der Waals surface area contributed by atoms with E-state index >= 15 is 0 Å². The van der Waals surface area contributed by atoms with Crippen molar-refractivity contribution in [1.29, 1.82) is 5.26 Å². The van der Waals surface area contributed by atoms with Crippen LogP contribution in [0.2, 0.25) is 0 Å². The van der Waals surface area contributed by atoms with Crippen LogP contribution in [0.4, 0.5) is 0 Å². The molecule has 70 valence electrons. The second-order valence-electron chi connectivity index (χ2n) is 3.20. The van der Waals surface area contributed by atoms with E-state index in [9.17, 15) is 0 Å². The van der Waals surface area contributed by atoms with Gasteiger partial charge in [-0.2, -0.15) is 5.26 Å².